The molecule has 0 radical (unpaired) electrons. The number of benzene rings is 1. The summed E-state index contributed by atoms with van der Waals surface area (Å²) >= 11 is 0.939. The Morgan fingerprint density at radius 3 is 2.57 bits per heavy atom. The van der Waals surface area contributed by atoms with Crippen molar-refractivity contribution in [3.63, 3.8) is 0 Å². The van der Waals surface area contributed by atoms with Crippen LogP contribution >= 0.6 is 11.3 Å². The van der Waals surface area contributed by atoms with E-state index in [1.165, 1.54) is 18.2 Å². The molecule has 2 aromatic heterocycles. The van der Waals surface area contributed by atoms with Gasteiger partial charge in [-0.15, -0.1) is 0 Å². The number of methoxy groups -OCH3 is 1. The van der Waals surface area contributed by atoms with E-state index in [1.807, 2.05) is 6.92 Å². The smallest absolute Gasteiger partial charge is 0.350 e. The summed E-state index contributed by atoms with van der Waals surface area (Å²) in [4.78, 5) is 48.4. The van der Waals surface area contributed by atoms with E-state index in [9.17, 15) is 19.5 Å². The van der Waals surface area contributed by atoms with E-state index < -0.39 is 23.7 Å². The predicted octanol–water partition coefficient (Wildman–Crippen LogP) is 4.05. The van der Waals surface area contributed by atoms with Gasteiger partial charge in [0.05, 0.1) is 31.0 Å². The van der Waals surface area contributed by atoms with Crippen molar-refractivity contribution in [1.29, 1.82) is 0 Å². The topological polar surface area (TPSA) is 119 Å². The number of aryl methyl sites for hydroxylation is 1. The molecule has 1 amide bonds. The minimum absolute atomic E-state index is 0.0994. The third kappa shape index (κ3) is 4.52. The van der Waals surface area contributed by atoms with Crippen LogP contribution in [-0.4, -0.2) is 46.5 Å². The molecule has 0 spiro atoms. The fourth-order valence-corrected chi connectivity index (χ4v) is 4.75. The first-order valence-corrected chi connectivity index (χ1v) is 11.7. The van der Waals surface area contributed by atoms with Gasteiger partial charge in [0.15, 0.2) is 5.13 Å². The SMILES string of the molecule is CCCOc1ccc(C(O)=C2C(=O)C(=O)N(c3nc(C)c(C(=O)OC)s3)[C@@H]2c2cccnc2)cc1. The Kier molecular flexibility index (Phi) is 6.92. The lowest BCUT2D eigenvalue weighted by Crippen LogP contribution is -2.29. The van der Waals surface area contributed by atoms with Crippen molar-refractivity contribution in [1.82, 2.24) is 9.97 Å². The van der Waals surface area contributed by atoms with E-state index in [0.29, 0.717) is 29.2 Å². The maximum absolute atomic E-state index is 13.2. The van der Waals surface area contributed by atoms with Crippen LogP contribution in [0.2, 0.25) is 0 Å². The Morgan fingerprint density at radius 1 is 1.20 bits per heavy atom. The molecule has 0 saturated carbocycles. The van der Waals surface area contributed by atoms with Crippen molar-refractivity contribution in [3.05, 3.63) is 76.1 Å². The second kappa shape index (κ2) is 10.1. The molecular formula is C25H23N3O6S. The van der Waals surface area contributed by atoms with Gasteiger partial charge in [0.25, 0.3) is 5.78 Å². The number of aromatic nitrogens is 2. The van der Waals surface area contributed by atoms with Gasteiger partial charge < -0.3 is 14.6 Å². The summed E-state index contributed by atoms with van der Waals surface area (Å²) in [5.41, 5.74) is 1.12. The van der Waals surface area contributed by atoms with E-state index in [-0.39, 0.29) is 21.3 Å². The Labute approximate surface area is 205 Å². The zero-order valence-electron chi connectivity index (χ0n) is 19.3. The monoisotopic (exact) mass is 493 g/mol. The molecule has 1 fully saturated rings. The quantitative estimate of drug-likeness (QED) is 0.227. The van der Waals surface area contributed by atoms with Gasteiger partial charge in [-0.25, -0.2) is 9.78 Å². The lowest BCUT2D eigenvalue weighted by atomic mass is 9.96. The molecule has 0 aliphatic carbocycles. The van der Waals surface area contributed by atoms with Gasteiger partial charge >= 0.3 is 11.9 Å². The Hall–Kier alpha value is -4.05. The normalized spacial score (nSPS) is 17.0. The predicted molar refractivity (Wildman–Crippen MR) is 129 cm³/mol. The highest BCUT2D eigenvalue weighted by Gasteiger charge is 2.48. The number of carbonyl (C=O) groups is 3. The number of amides is 1. The molecule has 180 valence electrons. The number of thiazole rings is 1. The number of hydrogen-bond acceptors (Lipinski definition) is 9. The van der Waals surface area contributed by atoms with E-state index in [0.717, 1.165) is 17.8 Å². The number of anilines is 1. The largest absolute Gasteiger partial charge is 0.507 e. The zero-order chi connectivity index (χ0) is 25.1. The summed E-state index contributed by atoms with van der Waals surface area (Å²) in [6.07, 6.45) is 3.93. The first-order chi connectivity index (χ1) is 16.9. The standard InChI is InChI=1S/C25H23N3O6S/c1-4-12-34-17-9-7-15(8-10-17)20(29)18-19(16-6-5-11-26-13-16)28(23(31)21(18)30)25-27-14(2)22(35-25)24(32)33-3/h5-11,13,19,29H,4,12H2,1-3H3/t19-/m1/s1. The van der Waals surface area contributed by atoms with Gasteiger partial charge in [-0.1, -0.05) is 24.3 Å². The molecule has 0 unspecified atom stereocenters. The lowest BCUT2D eigenvalue weighted by Gasteiger charge is -2.22. The molecule has 9 nitrogen and oxygen atoms in total. The van der Waals surface area contributed by atoms with Crippen LogP contribution in [0.25, 0.3) is 5.76 Å². The van der Waals surface area contributed by atoms with Crippen molar-refractivity contribution < 1.29 is 29.0 Å². The Balaban J connectivity index is 1.84. The molecular weight excluding hydrogens is 470 g/mol. The molecule has 1 atom stereocenters. The number of pyridine rings is 1. The third-order valence-electron chi connectivity index (χ3n) is 5.41. The van der Waals surface area contributed by atoms with Gasteiger partial charge in [-0.3, -0.25) is 19.5 Å². The minimum Gasteiger partial charge on any atom is -0.507 e. The van der Waals surface area contributed by atoms with Crippen molar-refractivity contribution >= 4 is 39.9 Å². The molecule has 3 heterocycles. The molecule has 1 aromatic carbocycles. The molecule has 1 N–H and O–H groups in total. The second-order valence-corrected chi connectivity index (χ2v) is 8.71. The van der Waals surface area contributed by atoms with Crippen molar-refractivity contribution in [2.24, 2.45) is 0 Å². The van der Waals surface area contributed by atoms with Crippen LogP contribution in [0.3, 0.4) is 0 Å². The molecule has 10 heteroatoms. The van der Waals surface area contributed by atoms with Crippen LogP contribution in [0.5, 0.6) is 5.75 Å². The van der Waals surface area contributed by atoms with Crippen molar-refractivity contribution in [3.8, 4) is 5.75 Å². The first kappa shape index (κ1) is 24.1. The number of ether oxygens (including phenoxy) is 2. The number of hydrogen-bond donors (Lipinski definition) is 1. The fourth-order valence-electron chi connectivity index (χ4n) is 3.73. The number of rotatable bonds is 7. The lowest BCUT2D eigenvalue weighted by molar-refractivity contribution is -0.132. The highest BCUT2D eigenvalue weighted by atomic mass is 32.1. The van der Waals surface area contributed by atoms with Gasteiger partial charge in [0.2, 0.25) is 0 Å². The van der Waals surface area contributed by atoms with Crippen molar-refractivity contribution in [2.45, 2.75) is 26.3 Å². The van der Waals surface area contributed by atoms with Crippen LogP contribution in [0.15, 0.2) is 54.4 Å². The summed E-state index contributed by atoms with van der Waals surface area (Å²) in [7, 11) is 1.25. The maximum Gasteiger partial charge on any atom is 0.350 e. The Morgan fingerprint density at radius 2 is 1.94 bits per heavy atom. The zero-order valence-corrected chi connectivity index (χ0v) is 20.2. The van der Waals surface area contributed by atoms with Crippen LogP contribution in [0, 0.1) is 6.92 Å². The molecule has 0 bridgehead atoms. The summed E-state index contributed by atoms with van der Waals surface area (Å²) in [5, 5.41) is 11.3. The number of ketones is 1. The third-order valence-corrected chi connectivity index (χ3v) is 6.54. The highest BCUT2D eigenvalue weighted by molar-refractivity contribution is 7.17. The van der Waals surface area contributed by atoms with E-state index in [1.54, 1.807) is 49.5 Å². The number of esters is 1. The molecule has 35 heavy (non-hydrogen) atoms. The number of carbonyl (C=O) groups excluding carboxylic acids is 3. The molecule has 1 aliphatic heterocycles. The maximum atomic E-state index is 13.2. The van der Waals surface area contributed by atoms with Gasteiger partial charge in [0, 0.05) is 18.0 Å². The molecule has 1 aliphatic rings. The summed E-state index contributed by atoms with van der Waals surface area (Å²) in [5.74, 6) is -2.03. The Bertz CT molecular complexity index is 1300. The van der Waals surface area contributed by atoms with Crippen LogP contribution in [0.1, 0.15) is 45.9 Å². The second-order valence-electron chi connectivity index (χ2n) is 7.73. The number of nitrogens with zero attached hydrogens (tertiary/aromatic N) is 3. The van der Waals surface area contributed by atoms with Gasteiger partial charge in [-0.05, 0) is 49.2 Å². The molecule has 1 saturated heterocycles. The average molecular weight is 494 g/mol. The number of aliphatic hydroxyl groups excluding tert-OH is 1. The van der Waals surface area contributed by atoms with E-state index in [4.69, 9.17) is 9.47 Å². The summed E-state index contributed by atoms with van der Waals surface area (Å²) < 4.78 is 10.4. The first-order valence-electron chi connectivity index (χ1n) is 10.9. The summed E-state index contributed by atoms with van der Waals surface area (Å²) in [6.45, 7) is 4.16. The van der Waals surface area contributed by atoms with Crippen molar-refractivity contribution in [2.75, 3.05) is 18.6 Å². The van der Waals surface area contributed by atoms with E-state index in [2.05, 4.69) is 9.97 Å². The van der Waals surface area contributed by atoms with Gasteiger partial charge in [0.1, 0.15) is 16.4 Å². The molecule has 3 aromatic rings. The van der Waals surface area contributed by atoms with Gasteiger partial charge in [-0.2, -0.15) is 0 Å². The number of Topliss-reactive ketones (excluding diaryl/α,β-unsaturated/α-hetero) is 1. The van der Waals surface area contributed by atoms with E-state index >= 15 is 0 Å². The minimum atomic E-state index is -0.990. The van der Waals surface area contributed by atoms with Crippen LogP contribution < -0.4 is 9.64 Å². The summed E-state index contributed by atoms with van der Waals surface area (Å²) in [6, 6.07) is 9.00. The molecule has 4 rings (SSSR count). The highest BCUT2D eigenvalue weighted by Crippen LogP contribution is 2.43. The number of aliphatic hydroxyl groups is 1. The average Bonchev–Trinajstić information content (AvgIpc) is 3.39. The van der Waals surface area contributed by atoms with Crippen LogP contribution in [-0.2, 0) is 14.3 Å². The fraction of sp³-hybridized carbons (Fsp3) is 0.240. The van der Waals surface area contributed by atoms with Crippen LogP contribution in [0.4, 0.5) is 5.13 Å².